The molecule has 0 amide bonds. The zero-order chi connectivity index (χ0) is 23.5. The Morgan fingerprint density at radius 3 is 2.24 bits per heavy atom. The molecule has 5 nitrogen and oxygen atoms in total. The molecule has 6 heteroatoms. The third-order valence-electron chi connectivity index (χ3n) is 5.64. The number of hydrogen-bond donors (Lipinski definition) is 2. The third kappa shape index (κ3) is 4.39. The molecule has 164 valence electrons. The number of aryl methyl sites for hydroxylation is 1. The van der Waals surface area contributed by atoms with Crippen molar-refractivity contribution in [1.82, 2.24) is 4.98 Å². The van der Waals surface area contributed by atoms with Crippen LogP contribution < -0.4 is 5.32 Å². The van der Waals surface area contributed by atoms with E-state index in [-0.39, 0.29) is 11.3 Å². The number of nitriles is 1. The van der Waals surface area contributed by atoms with Gasteiger partial charge in [0, 0.05) is 10.9 Å². The predicted molar refractivity (Wildman–Crippen MR) is 127 cm³/mol. The van der Waals surface area contributed by atoms with Gasteiger partial charge in [0.05, 0.1) is 16.9 Å². The number of aromatic nitrogens is 1. The van der Waals surface area contributed by atoms with Crippen LogP contribution in [0.5, 0.6) is 0 Å². The molecule has 1 aromatic heterocycles. The summed E-state index contributed by atoms with van der Waals surface area (Å²) in [6.45, 7) is 3.58. The molecule has 0 radical (unpaired) electrons. The van der Waals surface area contributed by atoms with Gasteiger partial charge >= 0.3 is 5.97 Å². The fourth-order valence-electron chi connectivity index (χ4n) is 3.73. The maximum Gasteiger partial charge on any atom is 0.325 e. The van der Waals surface area contributed by atoms with Gasteiger partial charge in [-0.05, 0) is 48.2 Å². The number of carbonyl (C=O) groups is 1. The number of aliphatic carboxylic acids is 1. The summed E-state index contributed by atoms with van der Waals surface area (Å²) in [4.78, 5) is 16.1. The normalized spacial score (nSPS) is 11.7. The number of hydrogen-bond acceptors (Lipinski definition) is 4. The van der Waals surface area contributed by atoms with Crippen molar-refractivity contribution in [2.24, 2.45) is 0 Å². The Kier molecular flexibility index (Phi) is 6.05. The Hall–Kier alpha value is -4.24. The first-order valence-electron chi connectivity index (χ1n) is 10.6. The van der Waals surface area contributed by atoms with E-state index in [9.17, 15) is 19.6 Å². The average molecular weight is 439 g/mol. The number of rotatable bonds is 6. The summed E-state index contributed by atoms with van der Waals surface area (Å²) in [5.41, 5.74) is 5.38. The summed E-state index contributed by atoms with van der Waals surface area (Å²) < 4.78 is 14.0. The SMILES string of the molecule is CCc1ccc(-c2ccc(-c3nc4ccc(F)cc4c(NC(C)C(=O)O)c3C#N)cc2)cc1. The fourth-order valence-corrected chi connectivity index (χ4v) is 3.73. The minimum absolute atomic E-state index is 0.168. The van der Waals surface area contributed by atoms with E-state index in [1.165, 1.54) is 30.7 Å². The van der Waals surface area contributed by atoms with Crippen LogP contribution >= 0.6 is 0 Å². The zero-order valence-electron chi connectivity index (χ0n) is 18.3. The molecule has 0 aliphatic heterocycles. The Morgan fingerprint density at radius 1 is 1.06 bits per heavy atom. The maximum atomic E-state index is 14.0. The number of pyridine rings is 1. The van der Waals surface area contributed by atoms with Crippen molar-refractivity contribution in [3.63, 3.8) is 0 Å². The summed E-state index contributed by atoms with van der Waals surface area (Å²) in [6.07, 6.45) is 0.977. The molecule has 1 heterocycles. The second kappa shape index (κ2) is 9.09. The average Bonchev–Trinajstić information content (AvgIpc) is 2.84. The van der Waals surface area contributed by atoms with Gasteiger partial charge in [-0.15, -0.1) is 0 Å². The highest BCUT2D eigenvalue weighted by molar-refractivity contribution is 5.99. The van der Waals surface area contributed by atoms with Crippen LogP contribution in [0.15, 0.2) is 66.7 Å². The second-order valence-electron chi connectivity index (χ2n) is 7.82. The van der Waals surface area contributed by atoms with Crippen molar-refractivity contribution in [3.05, 3.63) is 83.7 Å². The first-order valence-corrected chi connectivity index (χ1v) is 10.6. The van der Waals surface area contributed by atoms with E-state index >= 15 is 0 Å². The smallest absolute Gasteiger partial charge is 0.325 e. The van der Waals surface area contributed by atoms with E-state index in [4.69, 9.17) is 0 Å². The molecule has 3 aromatic carbocycles. The van der Waals surface area contributed by atoms with Crippen molar-refractivity contribution in [2.75, 3.05) is 5.32 Å². The van der Waals surface area contributed by atoms with Gasteiger partial charge < -0.3 is 10.4 Å². The first-order chi connectivity index (χ1) is 15.9. The van der Waals surface area contributed by atoms with Crippen molar-refractivity contribution < 1.29 is 14.3 Å². The number of anilines is 1. The Balaban J connectivity index is 1.83. The molecule has 0 aliphatic carbocycles. The topological polar surface area (TPSA) is 86.0 Å². The minimum Gasteiger partial charge on any atom is -0.480 e. The van der Waals surface area contributed by atoms with Crippen LogP contribution in [-0.2, 0) is 11.2 Å². The number of carboxylic acid groups (broad SMARTS) is 1. The van der Waals surface area contributed by atoms with Gasteiger partial charge in [0.15, 0.2) is 0 Å². The van der Waals surface area contributed by atoms with Gasteiger partial charge in [-0.25, -0.2) is 9.37 Å². The number of nitrogens with zero attached hydrogens (tertiary/aromatic N) is 2. The van der Waals surface area contributed by atoms with Crippen LogP contribution in [-0.4, -0.2) is 22.1 Å². The molecule has 0 spiro atoms. The van der Waals surface area contributed by atoms with Gasteiger partial charge in [0.2, 0.25) is 0 Å². The fraction of sp³-hybridized carbons (Fsp3) is 0.148. The van der Waals surface area contributed by atoms with Crippen molar-refractivity contribution >= 4 is 22.6 Å². The number of halogens is 1. The lowest BCUT2D eigenvalue weighted by Crippen LogP contribution is -2.26. The van der Waals surface area contributed by atoms with Crippen LogP contribution in [0.25, 0.3) is 33.3 Å². The molecule has 1 unspecified atom stereocenters. The Bertz CT molecular complexity index is 1370. The summed E-state index contributed by atoms with van der Waals surface area (Å²) in [6, 6.07) is 21.3. The van der Waals surface area contributed by atoms with Crippen LogP contribution in [0.1, 0.15) is 25.0 Å². The maximum absolute atomic E-state index is 14.0. The zero-order valence-corrected chi connectivity index (χ0v) is 18.3. The van der Waals surface area contributed by atoms with E-state index in [0.717, 1.165) is 17.5 Å². The highest BCUT2D eigenvalue weighted by Crippen LogP contribution is 2.35. The molecule has 0 bridgehead atoms. The van der Waals surface area contributed by atoms with Gasteiger partial charge in [0.1, 0.15) is 23.5 Å². The van der Waals surface area contributed by atoms with Gasteiger partial charge in [-0.3, -0.25) is 4.79 Å². The number of fused-ring (bicyclic) bond motifs is 1. The van der Waals surface area contributed by atoms with Crippen LogP contribution in [0.2, 0.25) is 0 Å². The van der Waals surface area contributed by atoms with E-state index in [2.05, 4.69) is 47.6 Å². The Labute approximate surface area is 191 Å². The molecule has 0 fully saturated rings. The van der Waals surface area contributed by atoms with E-state index < -0.39 is 17.8 Å². The predicted octanol–water partition coefficient (Wildman–Crippen LogP) is 6.03. The molecule has 4 rings (SSSR count). The van der Waals surface area contributed by atoms with Crippen molar-refractivity contribution in [3.8, 4) is 28.5 Å². The first kappa shape index (κ1) is 22.0. The molecule has 0 saturated heterocycles. The van der Waals surface area contributed by atoms with Crippen LogP contribution in [0.3, 0.4) is 0 Å². The standard InChI is InChI=1S/C27H22FN3O2/c1-3-17-4-6-18(7-5-17)19-8-10-20(11-9-19)25-23(15-29)26(30-16(2)27(32)33)22-14-21(28)12-13-24(22)31-25/h4-14,16H,3H2,1-2H3,(H,30,31)(H,32,33). The van der Waals surface area contributed by atoms with Crippen molar-refractivity contribution in [2.45, 2.75) is 26.3 Å². The number of nitrogens with one attached hydrogen (secondary N) is 1. The lowest BCUT2D eigenvalue weighted by atomic mass is 9.98. The largest absolute Gasteiger partial charge is 0.480 e. The molecular weight excluding hydrogens is 417 g/mol. The number of carboxylic acids is 1. The quantitative estimate of drug-likeness (QED) is 0.383. The van der Waals surface area contributed by atoms with E-state index in [1.54, 1.807) is 0 Å². The second-order valence-corrected chi connectivity index (χ2v) is 7.82. The lowest BCUT2D eigenvalue weighted by molar-refractivity contribution is -0.137. The van der Waals surface area contributed by atoms with E-state index in [0.29, 0.717) is 22.2 Å². The summed E-state index contributed by atoms with van der Waals surface area (Å²) in [7, 11) is 0. The molecule has 2 N–H and O–H groups in total. The summed E-state index contributed by atoms with van der Waals surface area (Å²) in [5, 5.41) is 22.5. The Morgan fingerprint density at radius 2 is 1.67 bits per heavy atom. The van der Waals surface area contributed by atoms with Crippen LogP contribution in [0.4, 0.5) is 10.1 Å². The van der Waals surface area contributed by atoms with Gasteiger partial charge in [0.25, 0.3) is 0 Å². The minimum atomic E-state index is -1.08. The molecular formula is C27H22FN3O2. The highest BCUT2D eigenvalue weighted by Gasteiger charge is 2.20. The van der Waals surface area contributed by atoms with Gasteiger partial charge in [-0.2, -0.15) is 5.26 Å². The summed E-state index contributed by atoms with van der Waals surface area (Å²) in [5.74, 6) is -1.58. The lowest BCUT2D eigenvalue weighted by Gasteiger charge is -2.17. The summed E-state index contributed by atoms with van der Waals surface area (Å²) >= 11 is 0. The molecule has 33 heavy (non-hydrogen) atoms. The van der Waals surface area contributed by atoms with E-state index in [1.807, 2.05) is 24.3 Å². The molecule has 1 atom stereocenters. The third-order valence-corrected chi connectivity index (χ3v) is 5.64. The number of benzene rings is 3. The van der Waals surface area contributed by atoms with Crippen molar-refractivity contribution in [1.29, 1.82) is 5.26 Å². The van der Waals surface area contributed by atoms with Gasteiger partial charge in [-0.1, -0.05) is 55.5 Å². The highest BCUT2D eigenvalue weighted by atomic mass is 19.1. The molecule has 0 saturated carbocycles. The monoisotopic (exact) mass is 439 g/mol. The molecule has 4 aromatic rings. The molecule has 0 aliphatic rings. The van der Waals surface area contributed by atoms with Crippen LogP contribution in [0, 0.1) is 17.1 Å².